The van der Waals surface area contributed by atoms with E-state index in [4.69, 9.17) is 4.42 Å². The molecule has 1 aliphatic heterocycles. The van der Waals surface area contributed by atoms with Crippen molar-refractivity contribution in [3.05, 3.63) is 27.8 Å². The van der Waals surface area contributed by atoms with E-state index in [0.29, 0.717) is 22.5 Å². The van der Waals surface area contributed by atoms with Gasteiger partial charge in [-0.3, -0.25) is 9.59 Å². The summed E-state index contributed by atoms with van der Waals surface area (Å²) >= 11 is 2.73. The van der Waals surface area contributed by atoms with E-state index in [0.717, 1.165) is 30.7 Å². The summed E-state index contributed by atoms with van der Waals surface area (Å²) in [6.07, 6.45) is 2.80. The largest absolute Gasteiger partial charge is 0.416 e. The molecule has 0 aromatic carbocycles. The van der Waals surface area contributed by atoms with Gasteiger partial charge in [-0.05, 0) is 31.4 Å². The SMILES string of the molecule is CCCNC(=O)c1ccc([C@@H]2CCCN2C(=O)CSc2nnc(C)o2)s1. The van der Waals surface area contributed by atoms with Gasteiger partial charge < -0.3 is 14.6 Å². The van der Waals surface area contributed by atoms with Gasteiger partial charge in [0.05, 0.1) is 16.7 Å². The number of amides is 2. The van der Waals surface area contributed by atoms with Gasteiger partial charge in [0, 0.05) is 24.9 Å². The molecule has 1 N–H and O–H groups in total. The van der Waals surface area contributed by atoms with Crippen LogP contribution in [0.25, 0.3) is 0 Å². The van der Waals surface area contributed by atoms with Crippen LogP contribution in [0.15, 0.2) is 21.8 Å². The Hall–Kier alpha value is -1.87. The summed E-state index contributed by atoms with van der Waals surface area (Å²) in [5.74, 6) is 0.777. The Balaban J connectivity index is 1.61. The summed E-state index contributed by atoms with van der Waals surface area (Å²) in [7, 11) is 0. The van der Waals surface area contributed by atoms with Gasteiger partial charge in [-0.1, -0.05) is 18.7 Å². The van der Waals surface area contributed by atoms with Crippen LogP contribution in [-0.2, 0) is 4.79 Å². The molecule has 0 radical (unpaired) electrons. The highest BCUT2D eigenvalue weighted by Gasteiger charge is 2.31. The van der Waals surface area contributed by atoms with Crippen molar-refractivity contribution in [2.45, 2.75) is 44.4 Å². The Labute approximate surface area is 160 Å². The molecule has 7 nitrogen and oxygen atoms in total. The summed E-state index contributed by atoms with van der Waals surface area (Å²) in [6.45, 7) is 5.16. The maximum atomic E-state index is 12.6. The molecule has 26 heavy (non-hydrogen) atoms. The quantitative estimate of drug-likeness (QED) is 0.726. The number of thiophene rings is 1. The Morgan fingerprint density at radius 2 is 2.27 bits per heavy atom. The predicted octanol–water partition coefficient (Wildman–Crippen LogP) is 3.04. The molecular weight excluding hydrogens is 372 g/mol. The highest BCUT2D eigenvalue weighted by Crippen LogP contribution is 2.36. The first-order valence-corrected chi connectivity index (χ1v) is 10.5. The molecular formula is C17H22N4O3S2. The standard InChI is InChI=1S/C17H22N4O3S2/c1-3-8-18-16(23)14-7-6-13(26-14)12-5-4-9-21(12)15(22)10-25-17-20-19-11(2)24-17/h6-7,12H,3-5,8-10H2,1-2H3,(H,18,23)/t12-/m0/s1. The molecule has 2 aromatic rings. The first-order chi connectivity index (χ1) is 12.6. The lowest BCUT2D eigenvalue weighted by atomic mass is 10.2. The highest BCUT2D eigenvalue weighted by atomic mass is 32.2. The van der Waals surface area contributed by atoms with Gasteiger partial charge in [-0.2, -0.15) is 0 Å². The summed E-state index contributed by atoms with van der Waals surface area (Å²) in [6, 6.07) is 3.86. The minimum atomic E-state index is -0.0405. The van der Waals surface area contributed by atoms with E-state index in [1.54, 1.807) is 6.92 Å². The fourth-order valence-electron chi connectivity index (χ4n) is 2.88. The molecule has 0 saturated carbocycles. The van der Waals surface area contributed by atoms with Crippen LogP contribution in [0.1, 0.15) is 52.7 Å². The van der Waals surface area contributed by atoms with Crippen molar-refractivity contribution in [2.75, 3.05) is 18.8 Å². The molecule has 0 bridgehead atoms. The third-order valence-corrected chi connectivity index (χ3v) is 6.10. The number of carbonyl (C=O) groups is 2. The van der Waals surface area contributed by atoms with Crippen LogP contribution >= 0.6 is 23.1 Å². The highest BCUT2D eigenvalue weighted by molar-refractivity contribution is 7.99. The van der Waals surface area contributed by atoms with E-state index in [1.165, 1.54) is 23.1 Å². The zero-order valence-electron chi connectivity index (χ0n) is 14.9. The van der Waals surface area contributed by atoms with Crippen LogP contribution < -0.4 is 5.32 Å². The van der Waals surface area contributed by atoms with Crippen LogP contribution in [-0.4, -0.2) is 45.8 Å². The number of likely N-dealkylation sites (tertiary alicyclic amines) is 1. The van der Waals surface area contributed by atoms with Crippen molar-refractivity contribution in [2.24, 2.45) is 0 Å². The Morgan fingerprint density at radius 3 is 3.00 bits per heavy atom. The first kappa shape index (κ1) is 18.9. The van der Waals surface area contributed by atoms with E-state index >= 15 is 0 Å². The van der Waals surface area contributed by atoms with E-state index in [1.807, 2.05) is 24.0 Å². The normalized spacial score (nSPS) is 16.8. The Kier molecular flexibility index (Phi) is 6.31. The summed E-state index contributed by atoms with van der Waals surface area (Å²) in [5, 5.41) is 11.0. The second kappa shape index (κ2) is 8.68. The number of hydrogen-bond acceptors (Lipinski definition) is 7. The van der Waals surface area contributed by atoms with Gasteiger partial charge >= 0.3 is 0 Å². The van der Waals surface area contributed by atoms with Gasteiger partial charge in [0.25, 0.3) is 11.1 Å². The molecule has 0 unspecified atom stereocenters. The minimum Gasteiger partial charge on any atom is -0.416 e. The third kappa shape index (κ3) is 4.45. The van der Waals surface area contributed by atoms with Crippen molar-refractivity contribution in [3.8, 4) is 0 Å². The van der Waals surface area contributed by atoms with Crippen LogP contribution in [0, 0.1) is 6.92 Å². The van der Waals surface area contributed by atoms with Crippen LogP contribution in [0.2, 0.25) is 0 Å². The topological polar surface area (TPSA) is 88.3 Å². The van der Waals surface area contributed by atoms with Gasteiger partial charge in [0.2, 0.25) is 11.8 Å². The molecule has 1 atom stereocenters. The molecule has 2 amide bonds. The van der Waals surface area contributed by atoms with E-state index in [9.17, 15) is 9.59 Å². The first-order valence-electron chi connectivity index (χ1n) is 8.68. The van der Waals surface area contributed by atoms with Gasteiger partial charge in [-0.15, -0.1) is 21.5 Å². The van der Waals surface area contributed by atoms with E-state index in [2.05, 4.69) is 15.5 Å². The molecule has 1 fully saturated rings. The third-order valence-electron chi connectivity index (χ3n) is 4.11. The van der Waals surface area contributed by atoms with Crippen molar-refractivity contribution in [1.29, 1.82) is 0 Å². The molecule has 3 rings (SSSR count). The van der Waals surface area contributed by atoms with Crippen molar-refractivity contribution in [1.82, 2.24) is 20.4 Å². The van der Waals surface area contributed by atoms with Crippen molar-refractivity contribution in [3.63, 3.8) is 0 Å². The van der Waals surface area contributed by atoms with Gasteiger partial charge in [0.15, 0.2) is 0 Å². The van der Waals surface area contributed by atoms with Crippen molar-refractivity contribution < 1.29 is 14.0 Å². The number of carbonyl (C=O) groups excluding carboxylic acids is 2. The Morgan fingerprint density at radius 1 is 1.42 bits per heavy atom. The molecule has 0 spiro atoms. The summed E-state index contributed by atoms with van der Waals surface area (Å²) in [5.41, 5.74) is 0. The smallest absolute Gasteiger partial charge is 0.277 e. The number of nitrogens with one attached hydrogen (secondary N) is 1. The monoisotopic (exact) mass is 394 g/mol. The number of aryl methyl sites for hydroxylation is 1. The van der Waals surface area contributed by atoms with Crippen LogP contribution in [0.4, 0.5) is 0 Å². The number of thioether (sulfide) groups is 1. The number of hydrogen-bond donors (Lipinski definition) is 1. The van der Waals surface area contributed by atoms with Gasteiger partial charge in [-0.25, -0.2) is 0 Å². The molecule has 1 saturated heterocycles. The summed E-state index contributed by atoms with van der Waals surface area (Å²) < 4.78 is 5.30. The molecule has 0 aliphatic carbocycles. The van der Waals surface area contributed by atoms with Crippen molar-refractivity contribution >= 4 is 34.9 Å². The van der Waals surface area contributed by atoms with Crippen LogP contribution in [0.3, 0.4) is 0 Å². The predicted molar refractivity (Wildman–Crippen MR) is 100 cm³/mol. The molecule has 140 valence electrons. The second-order valence-electron chi connectivity index (χ2n) is 6.08. The molecule has 9 heteroatoms. The molecule has 1 aliphatic rings. The lowest BCUT2D eigenvalue weighted by Crippen LogP contribution is -2.31. The van der Waals surface area contributed by atoms with Gasteiger partial charge in [0.1, 0.15) is 0 Å². The lowest BCUT2D eigenvalue weighted by molar-refractivity contribution is -0.129. The number of aromatic nitrogens is 2. The fourth-order valence-corrected chi connectivity index (χ4v) is 4.65. The average molecular weight is 395 g/mol. The molecule has 2 aromatic heterocycles. The number of rotatable bonds is 7. The molecule has 3 heterocycles. The maximum Gasteiger partial charge on any atom is 0.277 e. The maximum absolute atomic E-state index is 12.6. The average Bonchev–Trinajstić information content (AvgIpc) is 3.36. The number of nitrogens with zero attached hydrogens (tertiary/aromatic N) is 3. The zero-order chi connectivity index (χ0) is 18.5. The second-order valence-corrected chi connectivity index (χ2v) is 8.12. The Bertz CT molecular complexity index is 774. The van der Waals surface area contributed by atoms with E-state index < -0.39 is 0 Å². The van der Waals surface area contributed by atoms with E-state index in [-0.39, 0.29) is 23.6 Å². The summed E-state index contributed by atoms with van der Waals surface area (Å²) in [4.78, 5) is 28.4. The minimum absolute atomic E-state index is 0.0405. The lowest BCUT2D eigenvalue weighted by Gasteiger charge is -2.23. The van der Waals surface area contributed by atoms with Crippen LogP contribution in [0.5, 0.6) is 0 Å². The fraction of sp³-hybridized carbons (Fsp3) is 0.529. The zero-order valence-corrected chi connectivity index (χ0v) is 16.5.